The molecule has 0 aliphatic heterocycles. The molecule has 0 aromatic heterocycles. The minimum Gasteiger partial charge on any atom is -0.481 e. The van der Waals surface area contributed by atoms with Crippen LogP contribution in [0.4, 0.5) is 4.79 Å². The summed E-state index contributed by atoms with van der Waals surface area (Å²) in [6, 6.07) is 0.199. The number of nitrogens with one attached hydrogen (secondary N) is 1. The predicted octanol–water partition coefficient (Wildman–Crippen LogP) is 2.61. The Kier molecular flexibility index (Phi) is 4.89. The molecule has 0 aromatic rings. The second kappa shape index (κ2) is 6.46. The van der Waals surface area contributed by atoms with E-state index in [4.69, 9.17) is 0 Å². The van der Waals surface area contributed by atoms with Crippen LogP contribution in [0.25, 0.3) is 0 Å². The van der Waals surface area contributed by atoms with E-state index >= 15 is 0 Å². The summed E-state index contributed by atoms with van der Waals surface area (Å²) in [6.45, 7) is 0.262. The predicted molar refractivity (Wildman–Crippen MR) is 76.6 cm³/mol. The average molecular weight is 282 g/mol. The summed E-state index contributed by atoms with van der Waals surface area (Å²) in [6.07, 6.45) is 8.84. The molecule has 2 aliphatic rings. The van der Waals surface area contributed by atoms with E-state index in [2.05, 4.69) is 5.32 Å². The highest BCUT2D eigenvalue weighted by atomic mass is 16.4. The molecule has 114 valence electrons. The van der Waals surface area contributed by atoms with Gasteiger partial charge in [-0.15, -0.1) is 0 Å². The number of aliphatic carboxylic acids is 1. The van der Waals surface area contributed by atoms with Gasteiger partial charge in [-0.3, -0.25) is 4.79 Å². The number of amides is 2. The molecule has 5 nitrogen and oxygen atoms in total. The Bertz CT molecular complexity index is 358. The number of rotatable bonds is 4. The zero-order valence-corrected chi connectivity index (χ0v) is 12.4. The zero-order valence-electron chi connectivity index (χ0n) is 12.4. The maximum Gasteiger partial charge on any atom is 0.317 e. The molecule has 0 saturated heterocycles. The number of carbonyl (C=O) groups is 2. The van der Waals surface area contributed by atoms with Crippen molar-refractivity contribution in [3.05, 3.63) is 0 Å². The third-order valence-electron chi connectivity index (χ3n) is 5.04. The Labute approximate surface area is 120 Å². The van der Waals surface area contributed by atoms with Gasteiger partial charge in [-0.25, -0.2) is 4.79 Å². The van der Waals surface area contributed by atoms with E-state index in [0.29, 0.717) is 18.9 Å². The third-order valence-corrected chi connectivity index (χ3v) is 5.04. The molecule has 5 heteroatoms. The van der Waals surface area contributed by atoms with Crippen molar-refractivity contribution in [3.8, 4) is 0 Å². The smallest absolute Gasteiger partial charge is 0.317 e. The highest BCUT2D eigenvalue weighted by molar-refractivity contribution is 5.78. The summed E-state index contributed by atoms with van der Waals surface area (Å²) in [5.41, 5.74) is -0.746. The second-order valence-corrected chi connectivity index (χ2v) is 6.35. The van der Waals surface area contributed by atoms with Gasteiger partial charge in [0.2, 0.25) is 0 Å². The van der Waals surface area contributed by atoms with Crippen LogP contribution in [0, 0.1) is 5.41 Å². The molecule has 0 bridgehead atoms. The van der Waals surface area contributed by atoms with Crippen molar-refractivity contribution in [3.63, 3.8) is 0 Å². The number of carboxylic acids is 1. The summed E-state index contributed by atoms with van der Waals surface area (Å²) >= 11 is 0. The summed E-state index contributed by atoms with van der Waals surface area (Å²) < 4.78 is 0. The number of nitrogens with zero attached hydrogens (tertiary/aromatic N) is 1. The van der Waals surface area contributed by atoms with Crippen LogP contribution in [-0.4, -0.2) is 41.6 Å². The maximum atomic E-state index is 12.2. The molecule has 2 N–H and O–H groups in total. The molecule has 0 unspecified atom stereocenters. The normalized spacial score (nSPS) is 22.4. The molecule has 2 rings (SSSR count). The van der Waals surface area contributed by atoms with E-state index in [9.17, 15) is 14.7 Å². The molecule has 2 saturated carbocycles. The van der Waals surface area contributed by atoms with Crippen molar-refractivity contribution in [2.24, 2.45) is 5.41 Å². The lowest BCUT2D eigenvalue weighted by molar-refractivity contribution is -0.150. The maximum absolute atomic E-state index is 12.2. The van der Waals surface area contributed by atoms with E-state index in [1.807, 2.05) is 7.05 Å². The molecule has 0 heterocycles. The molecule has 0 radical (unpaired) electrons. The topological polar surface area (TPSA) is 69.6 Å². The number of carboxylic acid groups (broad SMARTS) is 1. The highest BCUT2D eigenvalue weighted by Crippen LogP contribution is 2.36. The van der Waals surface area contributed by atoms with Gasteiger partial charge >= 0.3 is 12.0 Å². The number of urea groups is 1. The first-order valence-corrected chi connectivity index (χ1v) is 7.79. The average Bonchev–Trinajstić information content (AvgIpc) is 2.99. The summed E-state index contributed by atoms with van der Waals surface area (Å²) in [5.74, 6) is -0.763. The van der Waals surface area contributed by atoms with Gasteiger partial charge in [-0.2, -0.15) is 0 Å². The first-order valence-electron chi connectivity index (χ1n) is 7.79. The van der Waals surface area contributed by atoms with Crippen molar-refractivity contribution in [1.82, 2.24) is 10.2 Å². The van der Waals surface area contributed by atoms with Crippen LogP contribution >= 0.6 is 0 Å². The van der Waals surface area contributed by atoms with Gasteiger partial charge in [0.25, 0.3) is 0 Å². The van der Waals surface area contributed by atoms with Gasteiger partial charge in [-0.1, -0.05) is 32.1 Å². The molecular formula is C15H26N2O3. The molecule has 2 aliphatic carbocycles. The number of carbonyl (C=O) groups excluding carboxylic acids is 1. The fourth-order valence-electron chi connectivity index (χ4n) is 3.52. The van der Waals surface area contributed by atoms with Gasteiger partial charge in [0.15, 0.2) is 0 Å². The van der Waals surface area contributed by atoms with Crippen LogP contribution in [0.1, 0.15) is 57.8 Å². The van der Waals surface area contributed by atoms with Crippen LogP contribution in [-0.2, 0) is 4.79 Å². The Morgan fingerprint density at radius 3 is 2.30 bits per heavy atom. The SMILES string of the molecule is CN(C(=O)NCC1(C(=O)O)CCCCC1)C1CCCC1. The van der Waals surface area contributed by atoms with Crippen LogP contribution in [0.5, 0.6) is 0 Å². The lowest BCUT2D eigenvalue weighted by Crippen LogP contribution is -2.49. The number of hydrogen-bond donors (Lipinski definition) is 2. The number of hydrogen-bond acceptors (Lipinski definition) is 2. The third kappa shape index (κ3) is 3.25. The van der Waals surface area contributed by atoms with Crippen LogP contribution in [0.2, 0.25) is 0 Å². The summed E-state index contributed by atoms with van der Waals surface area (Å²) in [7, 11) is 1.82. The quantitative estimate of drug-likeness (QED) is 0.832. The van der Waals surface area contributed by atoms with Crippen molar-refractivity contribution in [2.75, 3.05) is 13.6 Å². The van der Waals surface area contributed by atoms with Gasteiger partial charge in [0.1, 0.15) is 0 Å². The standard InChI is InChI=1S/C15H26N2O3/c1-17(12-7-3-4-8-12)14(20)16-11-15(13(18)19)9-5-2-6-10-15/h12H,2-11H2,1H3,(H,16,20)(H,18,19). The van der Waals surface area contributed by atoms with E-state index in [1.54, 1.807) is 4.90 Å². The van der Waals surface area contributed by atoms with Crippen molar-refractivity contribution in [1.29, 1.82) is 0 Å². The lowest BCUT2D eigenvalue weighted by Gasteiger charge is -2.34. The Hall–Kier alpha value is -1.26. The minimum absolute atomic E-state index is 0.122. The lowest BCUT2D eigenvalue weighted by atomic mass is 9.74. The zero-order chi connectivity index (χ0) is 14.6. The van der Waals surface area contributed by atoms with Crippen molar-refractivity contribution >= 4 is 12.0 Å². The fourth-order valence-corrected chi connectivity index (χ4v) is 3.52. The van der Waals surface area contributed by atoms with Gasteiger partial charge in [0, 0.05) is 19.6 Å². The molecular weight excluding hydrogens is 256 g/mol. The van der Waals surface area contributed by atoms with Crippen LogP contribution in [0.3, 0.4) is 0 Å². The largest absolute Gasteiger partial charge is 0.481 e. The van der Waals surface area contributed by atoms with E-state index in [-0.39, 0.29) is 12.6 Å². The molecule has 0 atom stereocenters. The minimum atomic E-state index is -0.763. The molecule has 2 amide bonds. The highest BCUT2D eigenvalue weighted by Gasteiger charge is 2.40. The molecule has 0 aromatic carbocycles. The molecule has 0 spiro atoms. The monoisotopic (exact) mass is 282 g/mol. The van der Waals surface area contributed by atoms with Crippen molar-refractivity contribution in [2.45, 2.75) is 63.8 Å². The first-order chi connectivity index (χ1) is 9.55. The van der Waals surface area contributed by atoms with Crippen LogP contribution < -0.4 is 5.32 Å². The van der Waals surface area contributed by atoms with Gasteiger partial charge in [0.05, 0.1) is 5.41 Å². The summed E-state index contributed by atoms with van der Waals surface area (Å²) in [4.78, 5) is 25.5. The van der Waals surface area contributed by atoms with Gasteiger partial charge in [-0.05, 0) is 25.7 Å². The summed E-state index contributed by atoms with van der Waals surface area (Å²) in [5, 5.41) is 12.3. The van der Waals surface area contributed by atoms with E-state index < -0.39 is 11.4 Å². The second-order valence-electron chi connectivity index (χ2n) is 6.35. The van der Waals surface area contributed by atoms with E-state index in [1.165, 1.54) is 12.8 Å². The Balaban J connectivity index is 1.88. The molecule has 2 fully saturated rings. The van der Waals surface area contributed by atoms with E-state index in [0.717, 1.165) is 32.1 Å². The Morgan fingerprint density at radius 2 is 1.75 bits per heavy atom. The van der Waals surface area contributed by atoms with Gasteiger partial charge < -0.3 is 15.3 Å². The fraction of sp³-hybridized carbons (Fsp3) is 0.867. The van der Waals surface area contributed by atoms with Crippen molar-refractivity contribution < 1.29 is 14.7 Å². The molecule has 20 heavy (non-hydrogen) atoms. The first kappa shape index (κ1) is 15.1. The van der Waals surface area contributed by atoms with Crippen LogP contribution in [0.15, 0.2) is 0 Å². The Morgan fingerprint density at radius 1 is 1.15 bits per heavy atom.